The molecule has 4 amide bonds. The number of azide groups is 1. The number of thioether (sulfide) groups is 1. The average molecular weight is 616 g/mol. The lowest BCUT2D eigenvalue weighted by atomic mass is 10.0. The zero-order valence-corrected chi connectivity index (χ0v) is 25.5. The molecule has 3 unspecified atom stereocenters. The first-order chi connectivity index (χ1) is 20.6. The molecule has 2 heterocycles. The molecule has 15 heteroatoms. The van der Waals surface area contributed by atoms with E-state index in [9.17, 15) is 14.4 Å². The van der Waals surface area contributed by atoms with E-state index >= 15 is 0 Å². The van der Waals surface area contributed by atoms with E-state index in [1.807, 2.05) is 11.8 Å². The maximum absolute atomic E-state index is 12.0. The van der Waals surface area contributed by atoms with Crippen LogP contribution in [0.3, 0.4) is 0 Å². The number of carbonyl (C=O) groups is 3. The third-order valence-corrected chi connectivity index (χ3v) is 8.32. The Morgan fingerprint density at radius 2 is 1.45 bits per heavy atom. The minimum Gasteiger partial charge on any atom is -0.379 e. The van der Waals surface area contributed by atoms with Gasteiger partial charge in [-0.3, -0.25) is 9.59 Å². The van der Waals surface area contributed by atoms with Crippen molar-refractivity contribution in [2.75, 3.05) is 78.2 Å². The predicted octanol–water partition coefficient (Wildman–Crippen LogP) is 2.27. The first-order valence-corrected chi connectivity index (χ1v) is 16.2. The van der Waals surface area contributed by atoms with Crippen LogP contribution in [-0.4, -0.2) is 113 Å². The molecular weight excluding hydrogens is 566 g/mol. The van der Waals surface area contributed by atoms with Crippen molar-refractivity contribution in [1.82, 2.24) is 21.3 Å². The van der Waals surface area contributed by atoms with Crippen molar-refractivity contribution < 1.29 is 33.3 Å². The monoisotopic (exact) mass is 615 g/mol. The molecule has 2 fully saturated rings. The Balaban J connectivity index is 1.23. The van der Waals surface area contributed by atoms with E-state index in [0.717, 1.165) is 50.7 Å². The number of hydrogen-bond donors (Lipinski definition) is 4. The van der Waals surface area contributed by atoms with Gasteiger partial charge in [0.15, 0.2) is 0 Å². The van der Waals surface area contributed by atoms with Gasteiger partial charge in [0.25, 0.3) is 0 Å². The number of nitrogens with one attached hydrogen (secondary N) is 4. The fraction of sp³-hybridized carbons (Fsp3) is 0.889. The van der Waals surface area contributed by atoms with Crippen molar-refractivity contribution >= 4 is 29.6 Å². The van der Waals surface area contributed by atoms with Crippen LogP contribution in [0.4, 0.5) is 4.79 Å². The summed E-state index contributed by atoms with van der Waals surface area (Å²) in [6.07, 6.45) is 7.42. The molecule has 2 rings (SSSR count). The van der Waals surface area contributed by atoms with E-state index in [1.54, 1.807) is 0 Å². The van der Waals surface area contributed by atoms with Crippen LogP contribution in [0.1, 0.15) is 57.8 Å². The van der Waals surface area contributed by atoms with Gasteiger partial charge >= 0.3 is 6.03 Å². The number of hydrogen-bond acceptors (Lipinski definition) is 9. The van der Waals surface area contributed by atoms with Gasteiger partial charge in [-0.15, -0.1) is 0 Å². The zero-order valence-electron chi connectivity index (χ0n) is 24.7. The SMILES string of the molecule is [N-]=[N+]=NCCCCCCNC(=O)CCOCCOCCOCCOCCNC(=O)CCCCC1SCC2NC(=O)NC21. The van der Waals surface area contributed by atoms with Gasteiger partial charge in [-0.1, -0.05) is 24.4 Å². The molecule has 0 bridgehead atoms. The lowest BCUT2D eigenvalue weighted by Crippen LogP contribution is -2.36. The van der Waals surface area contributed by atoms with Gasteiger partial charge in [0.1, 0.15) is 0 Å². The van der Waals surface area contributed by atoms with Crippen LogP contribution in [0.2, 0.25) is 0 Å². The van der Waals surface area contributed by atoms with Crippen LogP contribution < -0.4 is 21.3 Å². The molecule has 240 valence electrons. The summed E-state index contributed by atoms with van der Waals surface area (Å²) in [5.41, 5.74) is 8.20. The van der Waals surface area contributed by atoms with Crippen molar-refractivity contribution in [3.63, 3.8) is 0 Å². The normalized spacial score (nSPS) is 19.0. The molecular formula is C27H49N7O7S. The largest absolute Gasteiger partial charge is 0.379 e. The van der Waals surface area contributed by atoms with Gasteiger partial charge < -0.3 is 40.2 Å². The van der Waals surface area contributed by atoms with Gasteiger partial charge in [0.2, 0.25) is 11.8 Å². The van der Waals surface area contributed by atoms with Crippen molar-refractivity contribution in [3.8, 4) is 0 Å². The lowest BCUT2D eigenvalue weighted by molar-refractivity contribution is -0.122. The third-order valence-electron chi connectivity index (χ3n) is 6.81. The van der Waals surface area contributed by atoms with E-state index < -0.39 is 0 Å². The minimum absolute atomic E-state index is 0.0220. The third kappa shape index (κ3) is 17.6. The van der Waals surface area contributed by atoms with Crippen LogP contribution >= 0.6 is 11.8 Å². The highest BCUT2D eigenvalue weighted by molar-refractivity contribution is 8.00. The van der Waals surface area contributed by atoms with Crippen LogP contribution in [0.5, 0.6) is 0 Å². The minimum atomic E-state index is -0.0632. The first-order valence-electron chi connectivity index (χ1n) is 15.1. The van der Waals surface area contributed by atoms with Gasteiger partial charge in [-0.05, 0) is 31.2 Å². The second-order valence-corrected chi connectivity index (χ2v) is 11.4. The molecule has 42 heavy (non-hydrogen) atoms. The molecule has 0 aromatic carbocycles. The molecule has 4 N–H and O–H groups in total. The first kappa shape index (κ1) is 35.9. The predicted molar refractivity (Wildman–Crippen MR) is 160 cm³/mol. The molecule has 14 nitrogen and oxygen atoms in total. The maximum atomic E-state index is 12.0. The van der Waals surface area contributed by atoms with Crippen molar-refractivity contribution in [3.05, 3.63) is 10.4 Å². The highest BCUT2D eigenvalue weighted by Gasteiger charge is 2.42. The smallest absolute Gasteiger partial charge is 0.315 e. The Labute approximate surface area is 253 Å². The molecule has 0 aromatic rings. The highest BCUT2D eigenvalue weighted by Crippen LogP contribution is 2.33. The van der Waals surface area contributed by atoms with Crippen LogP contribution in [0, 0.1) is 0 Å². The molecule has 2 aliphatic rings. The number of carbonyl (C=O) groups excluding carboxylic acids is 3. The number of urea groups is 1. The Hall–Kier alpha value is -2.29. The fourth-order valence-corrected chi connectivity index (χ4v) is 6.12. The molecule has 0 saturated carbocycles. The van der Waals surface area contributed by atoms with Crippen LogP contribution in [0.15, 0.2) is 5.11 Å². The Bertz CT molecular complexity index is 820. The molecule has 0 aromatic heterocycles. The number of nitrogens with zero attached hydrogens (tertiary/aromatic N) is 3. The molecule has 3 atom stereocenters. The summed E-state index contributed by atoms with van der Waals surface area (Å²) in [6, 6.07) is 0.403. The lowest BCUT2D eigenvalue weighted by Gasteiger charge is -2.16. The Morgan fingerprint density at radius 3 is 2.19 bits per heavy atom. The summed E-state index contributed by atoms with van der Waals surface area (Å²) in [7, 11) is 0. The standard InChI is InChI=1S/C27H49N7O7S/c28-34-31-11-6-2-1-5-10-29-25(36)9-13-38-15-17-40-19-20-41-18-16-39-14-12-30-24(35)8-4-3-7-23-26-22(21-42-23)32-27(37)33-26/h22-23,26H,1-21H2,(H,29,36)(H,30,35)(H2,32,33,37). The van der Waals surface area contributed by atoms with Crippen LogP contribution in [0.25, 0.3) is 10.4 Å². The van der Waals surface area contributed by atoms with Crippen molar-refractivity contribution in [1.29, 1.82) is 0 Å². The topological polar surface area (TPSA) is 185 Å². The second-order valence-electron chi connectivity index (χ2n) is 10.1. The van der Waals surface area contributed by atoms with E-state index in [-0.39, 0.29) is 29.9 Å². The fourth-order valence-electron chi connectivity index (χ4n) is 4.57. The van der Waals surface area contributed by atoms with Crippen molar-refractivity contribution in [2.24, 2.45) is 5.11 Å². The molecule has 0 aliphatic carbocycles. The Kier molecular flexibility index (Phi) is 20.7. The van der Waals surface area contributed by atoms with E-state index in [1.165, 1.54) is 0 Å². The molecule has 2 saturated heterocycles. The number of ether oxygens (including phenoxy) is 4. The van der Waals surface area contributed by atoms with E-state index in [4.69, 9.17) is 24.5 Å². The number of amides is 4. The zero-order chi connectivity index (χ0) is 30.1. The summed E-state index contributed by atoms with van der Waals surface area (Å²) in [6.45, 7) is 5.12. The number of unbranched alkanes of at least 4 members (excludes halogenated alkanes) is 4. The van der Waals surface area contributed by atoms with Gasteiger partial charge in [0, 0.05) is 48.4 Å². The summed E-state index contributed by atoms with van der Waals surface area (Å²) in [4.78, 5) is 37.9. The van der Waals surface area contributed by atoms with Crippen LogP contribution in [-0.2, 0) is 28.5 Å². The van der Waals surface area contributed by atoms with Gasteiger partial charge in [-0.25, -0.2) is 4.79 Å². The van der Waals surface area contributed by atoms with E-state index in [0.29, 0.717) is 90.6 Å². The number of fused-ring (bicyclic) bond motifs is 1. The van der Waals surface area contributed by atoms with Crippen molar-refractivity contribution in [2.45, 2.75) is 75.1 Å². The quantitative estimate of drug-likeness (QED) is 0.0356. The molecule has 0 radical (unpaired) electrons. The average Bonchev–Trinajstić information content (AvgIpc) is 3.53. The van der Waals surface area contributed by atoms with E-state index in [2.05, 4.69) is 31.3 Å². The highest BCUT2D eigenvalue weighted by atomic mass is 32.2. The van der Waals surface area contributed by atoms with Gasteiger partial charge in [-0.2, -0.15) is 11.8 Å². The maximum Gasteiger partial charge on any atom is 0.315 e. The summed E-state index contributed by atoms with van der Waals surface area (Å²) >= 11 is 1.90. The van der Waals surface area contributed by atoms with Gasteiger partial charge in [0.05, 0.1) is 64.9 Å². The summed E-state index contributed by atoms with van der Waals surface area (Å²) < 4.78 is 21.8. The Morgan fingerprint density at radius 1 is 0.810 bits per heavy atom. The molecule has 0 spiro atoms. The number of rotatable bonds is 27. The summed E-state index contributed by atoms with van der Waals surface area (Å²) in [5.74, 6) is 0.973. The molecule has 2 aliphatic heterocycles. The summed E-state index contributed by atoms with van der Waals surface area (Å²) in [5, 5.41) is 15.6. The second kappa shape index (κ2) is 24.2.